The number of aliphatic hydroxyl groups excluding tert-OH is 2. The first-order chi connectivity index (χ1) is 13.1. The molecule has 0 aromatic carbocycles. The van der Waals surface area contributed by atoms with Crippen molar-refractivity contribution in [2.45, 2.75) is 63.2 Å². The van der Waals surface area contributed by atoms with Gasteiger partial charge in [-0.25, -0.2) is 4.98 Å². The molecule has 148 valence electrons. The van der Waals surface area contributed by atoms with Crippen molar-refractivity contribution in [3.63, 3.8) is 0 Å². The fraction of sp³-hybridized carbons (Fsp3) is 0.706. The molecule has 0 amide bonds. The van der Waals surface area contributed by atoms with Gasteiger partial charge >= 0.3 is 0 Å². The number of nitrogens with one attached hydrogen (secondary N) is 1. The maximum atomic E-state index is 10.5. The second-order valence-corrected chi connectivity index (χ2v) is 7.33. The summed E-state index contributed by atoms with van der Waals surface area (Å²) in [5, 5.41) is 24.2. The van der Waals surface area contributed by atoms with Gasteiger partial charge < -0.3 is 25.0 Å². The molecule has 1 aliphatic heterocycles. The lowest BCUT2D eigenvalue weighted by atomic mass is 10.1. The van der Waals surface area contributed by atoms with Crippen LogP contribution in [0, 0.1) is 0 Å². The van der Waals surface area contributed by atoms with Crippen molar-refractivity contribution in [1.82, 2.24) is 19.5 Å². The molecule has 9 nitrogen and oxygen atoms in total. The number of rotatable bonds is 6. The predicted octanol–water partition coefficient (Wildman–Crippen LogP) is 1.49. The number of anilines is 1. The quantitative estimate of drug-likeness (QED) is 0.628. The summed E-state index contributed by atoms with van der Waals surface area (Å²) in [5.41, 5.74) is 1.01. The van der Waals surface area contributed by atoms with Gasteiger partial charge in [-0.2, -0.15) is 9.97 Å². The minimum absolute atomic E-state index is 0.0867. The fourth-order valence-corrected chi connectivity index (χ4v) is 3.94. The second kappa shape index (κ2) is 7.84. The van der Waals surface area contributed by atoms with Gasteiger partial charge in [0.2, 0.25) is 5.28 Å². The lowest BCUT2D eigenvalue weighted by Crippen LogP contribution is -2.33. The van der Waals surface area contributed by atoms with Crippen LogP contribution in [0.1, 0.15) is 38.8 Å². The second-order valence-electron chi connectivity index (χ2n) is 7.00. The summed E-state index contributed by atoms with van der Waals surface area (Å²) in [6, 6.07) is 0.343. The first kappa shape index (κ1) is 18.8. The summed E-state index contributed by atoms with van der Waals surface area (Å²) in [4.78, 5) is 13.0. The zero-order chi connectivity index (χ0) is 19.0. The van der Waals surface area contributed by atoms with Crippen LogP contribution in [-0.4, -0.2) is 67.3 Å². The predicted molar refractivity (Wildman–Crippen MR) is 98.6 cm³/mol. The molecule has 27 heavy (non-hydrogen) atoms. The molecule has 2 fully saturated rings. The van der Waals surface area contributed by atoms with Crippen LogP contribution < -0.4 is 5.32 Å². The molecule has 3 heterocycles. The zero-order valence-corrected chi connectivity index (χ0v) is 15.8. The molecular formula is C17H24ClN5O4. The molecule has 1 saturated carbocycles. The van der Waals surface area contributed by atoms with Gasteiger partial charge in [0.15, 0.2) is 23.2 Å². The van der Waals surface area contributed by atoms with E-state index < -0.39 is 24.5 Å². The van der Waals surface area contributed by atoms with Crippen LogP contribution in [0.4, 0.5) is 5.82 Å². The molecule has 2 aliphatic rings. The number of fused-ring (bicyclic) bond motifs is 1. The zero-order valence-electron chi connectivity index (χ0n) is 15.1. The largest absolute Gasteiger partial charge is 0.387 e. The molecule has 2 aromatic rings. The highest BCUT2D eigenvalue weighted by Gasteiger charge is 2.44. The smallest absolute Gasteiger partial charge is 0.226 e. The number of hydrogen-bond donors (Lipinski definition) is 3. The van der Waals surface area contributed by atoms with Gasteiger partial charge in [-0.1, -0.05) is 12.8 Å². The van der Waals surface area contributed by atoms with Crippen molar-refractivity contribution >= 4 is 28.6 Å². The summed E-state index contributed by atoms with van der Waals surface area (Å²) in [6.45, 7) is 2.55. The average Bonchev–Trinajstić information content (AvgIpc) is 3.36. The highest BCUT2D eigenvalue weighted by molar-refractivity contribution is 6.28. The molecule has 4 rings (SSSR count). The average molecular weight is 398 g/mol. The summed E-state index contributed by atoms with van der Waals surface area (Å²) in [7, 11) is 0. The summed E-state index contributed by atoms with van der Waals surface area (Å²) >= 11 is 6.13. The molecule has 10 heteroatoms. The van der Waals surface area contributed by atoms with Crippen molar-refractivity contribution in [2.75, 3.05) is 18.5 Å². The Bertz CT molecular complexity index is 797. The third-order valence-corrected chi connectivity index (χ3v) is 5.36. The lowest BCUT2D eigenvalue weighted by molar-refractivity contribution is -0.0638. The SMILES string of the molecule is CCOC[C@H]1O[C@@H](n2cnc3c(NC4CCCC4)nc(Cl)nc32)[C@H](O)[C@@H]1O. The van der Waals surface area contributed by atoms with Crippen molar-refractivity contribution in [3.05, 3.63) is 11.6 Å². The van der Waals surface area contributed by atoms with E-state index in [4.69, 9.17) is 21.1 Å². The first-order valence-electron chi connectivity index (χ1n) is 9.34. The highest BCUT2D eigenvalue weighted by Crippen LogP contribution is 2.33. The van der Waals surface area contributed by atoms with Crippen LogP contribution in [0.5, 0.6) is 0 Å². The van der Waals surface area contributed by atoms with Gasteiger partial charge in [-0.3, -0.25) is 4.57 Å². The Hall–Kier alpha value is -1.52. The van der Waals surface area contributed by atoms with Crippen molar-refractivity contribution in [3.8, 4) is 0 Å². The molecule has 2 aromatic heterocycles. The van der Waals surface area contributed by atoms with E-state index in [1.165, 1.54) is 19.2 Å². The van der Waals surface area contributed by atoms with E-state index in [9.17, 15) is 10.2 Å². The van der Waals surface area contributed by atoms with E-state index in [-0.39, 0.29) is 11.9 Å². The monoisotopic (exact) mass is 397 g/mol. The van der Waals surface area contributed by atoms with E-state index in [2.05, 4.69) is 20.3 Å². The third-order valence-electron chi connectivity index (χ3n) is 5.19. The minimum atomic E-state index is -1.13. The number of hydrogen-bond acceptors (Lipinski definition) is 8. The van der Waals surface area contributed by atoms with Crippen LogP contribution in [0.2, 0.25) is 5.28 Å². The Morgan fingerprint density at radius 1 is 1.30 bits per heavy atom. The Balaban J connectivity index is 1.63. The normalized spacial score (nSPS) is 29.0. The highest BCUT2D eigenvalue weighted by atomic mass is 35.5. The Morgan fingerprint density at radius 2 is 2.07 bits per heavy atom. The van der Waals surface area contributed by atoms with Crippen molar-refractivity contribution < 1.29 is 19.7 Å². The first-order valence-corrected chi connectivity index (χ1v) is 9.72. The molecule has 0 unspecified atom stereocenters. The number of nitrogens with zero attached hydrogens (tertiary/aromatic N) is 4. The molecule has 1 saturated heterocycles. The minimum Gasteiger partial charge on any atom is -0.387 e. The summed E-state index contributed by atoms with van der Waals surface area (Å²) < 4.78 is 12.7. The number of imidazole rings is 1. The van der Waals surface area contributed by atoms with Crippen LogP contribution in [0.25, 0.3) is 11.2 Å². The molecule has 1 aliphatic carbocycles. The maximum Gasteiger partial charge on any atom is 0.226 e. The van der Waals surface area contributed by atoms with Crippen LogP contribution in [0.3, 0.4) is 0 Å². The number of aliphatic hydroxyl groups is 2. The van der Waals surface area contributed by atoms with Crippen LogP contribution >= 0.6 is 11.6 Å². The van der Waals surface area contributed by atoms with Crippen LogP contribution in [-0.2, 0) is 9.47 Å². The van der Waals surface area contributed by atoms with Gasteiger partial charge in [0.25, 0.3) is 0 Å². The van der Waals surface area contributed by atoms with E-state index in [1.807, 2.05) is 6.92 Å². The summed E-state index contributed by atoms with van der Waals surface area (Å²) in [6.07, 6.45) is 2.42. The van der Waals surface area contributed by atoms with E-state index in [0.29, 0.717) is 29.6 Å². The summed E-state index contributed by atoms with van der Waals surface area (Å²) in [5.74, 6) is 0.578. The Morgan fingerprint density at radius 3 is 2.81 bits per heavy atom. The lowest BCUT2D eigenvalue weighted by Gasteiger charge is -2.17. The number of halogens is 1. The molecule has 0 spiro atoms. The number of aromatic nitrogens is 4. The van der Waals surface area contributed by atoms with E-state index >= 15 is 0 Å². The fourth-order valence-electron chi connectivity index (χ4n) is 3.77. The van der Waals surface area contributed by atoms with Gasteiger partial charge in [0, 0.05) is 12.6 Å². The molecule has 3 N–H and O–H groups in total. The van der Waals surface area contributed by atoms with E-state index in [0.717, 1.165) is 12.8 Å². The van der Waals surface area contributed by atoms with Crippen LogP contribution in [0.15, 0.2) is 6.33 Å². The van der Waals surface area contributed by atoms with Gasteiger partial charge in [-0.15, -0.1) is 0 Å². The number of ether oxygens (including phenoxy) is 2. The van der Waals surface area contributed by atoms with Gasteiger partial charge in [-0.05, 0) is 31.4 Å². The molecule has 0 bridgehead atoms. The Labute approximate surface area is 161 Å². The standard InChI is InChI=1S/C17H24ClN5O4/c1-2-26-7-10-12(24)13(25)16(27-10)23-8-19-11-14(20-9-5-3-4-6-9)21-17(18)22-15(11)23/h8-10,12-13,16,24-25H,2-7H2,1H3,(H,20,21,22)/t10-,12-,13-,16-/m1/s1. The molecular weight excluding hydrogens is 374 g/mol. The van der Waals surface area contributed by atoms with Crippen molar-refractivity contribution in [2.24, 2.45) is 0 Å². The Kier molecular flexibility index (Phi) is 5.47. The van der Waals surface area contributed by atoms with Crippen molar-refractivity contribution in [1.29, 1.82) is 0 Å². The van der Waals surface area contributed by atoms with E-state index in [1.54, 1.807) is 4.57 Å². The maximum absolute atomic E-state index is 10.5. The topological polar surface area (TPSA) is 115 Å². The van der Waals surface area contributed by atoms with Gasteiger partial charge in [0.1, 0.15) is 18.3 Å². The third kappa shape index (κ3) is 3.62. The van der Waals surface area contributed by atoms with Gasteiger partial charge in [0.05, 0.1) is 12.9 Å². The molecule has 4 atom stereocenters. The molecule has 0 radical (unpaired) electrons.